The van der Waals surface area contributed by atoms with Gasteiger partial charge in [-0.3, -0.25) is 4.90 Å². The minimum absolute atomic E-state index is 0.203. The molecule has 0 aliphatic carbocycles. The Hall–Kier alpha value is -2.76. The number of nitrogens with zero attached hydrogens (tertiary/aromatic N) is 3. The highest BCUT2D eigenvalue weighted by Gasteiger charge is 2.27. The third kappa shape index (κ3) is 3.76. The van der Waals surface area contributed by atoms with Crippen molar-refractivity contribution in [1.29, 1.82) is 0 Å². The molecule has 0 saturated carbocycles. The molecule has 1 aliphatic heterocycles. The van der Waals surface area contributed by atoms with Gasteiger partial charge in [0.2, 0.25) is 0 Å². The summed E-state index contributed by atoms with van der Waals surface area (Å²) in [6, 6.07) is 26.5. The van der Waals surface area contributed by atoms with Gasteiger partial charge in [0.1, 0.15) is 5.82 Å². The fourth-order valence-electron chi connectivity index (χ4n) is 4.08. The molecule has 0 spiro atoms. The average molecular weight is 404 g/mol. The van der Waals surface area contributed by atoms with Crippen LogP contribution in [0.1, 0.15) is 17.2 Å². The van der Waals surface area contributed by atoms with Crippen LogP contribution in [-0.2, 0) is 0 Å². The third-order valence-corrected chi connectivity index (χ3v) is 6.60. The summed E-state index contributed by atoms with van der Waals surface area (Å²) < 4.78 is 14.4. The normalized spacial score (nSPS) is 15.3. The van der Waals surface area contributed by atoms with E-state index in [4.69, 9.17) is 4.98 Å². The van der Waals surface area contributed by atoms with Gasteiger partial charge in [0.25, 0.3) is 0 Å². The fraction of sp³-hybridized carbons (Fsp3) is 0.208. The van der Waals surface area contributed by atoms with Crippen LogP contribution in [-0.4, -0.2) is 36.1 Å². The van der Waals surface area contributed by atoms with Crippen LogP contribution in [0, 0.1) is 5.82 Å². The van der Waals surface area contributed by atoms with E-state index in [9.17, 15) is 4.39 Å². The molecule has 5 rings (SSSR count). The highest BCUT2D eigenvalue weighted by molar-refractivity contribution is 7.22. The molecule has 0 unspecified atom stereocenters. The Kier molecular flexibility index (Phi) is 5.00. The largest absolute Gasteiger partial charge is 0.345 e. The molecule has 29 heavy (non-hydrogen) atoms. The van der Waals surface area contributed by atoms with Crippen molar-refractivity contribution in [3.05, 3.63) is 95.8 Å². The number of piperazine rings is 1. The maximum absolute atomic E-state index is 13.5. The lowest BCUT2D eigenvalue weighted by Gasteiger charge is -2.39. The summed E-state index contributed by atoms with van der Waals surface area (Å²) >= 11 is 1.58. The Morgan fingerprint density at radius 3 is 2.03 bits per heavy atom. The van der Waals surface area contributed by atoms with Crippen molar-refractivity contribution in [1.82, 2.24) is 9.88 Å². The highest BCUT2D eigenvalue weighted by atomic mass is 32.1. The first-order valence-corrected chi connectivity index (χ1v) is 10.7. The van der Waals surface area contributed by atoms with E-state index in [0.717, 1.165) is 41.5 Å². The molecule has 0 bridgehead atoms. The molecule has 1 aliphatic rings. The number of fused-ring (bicyclic) bond motifs is 1. The van der Waals surface area contributed by atoms with Crippen molar-refractivity contribution in [2.45, 2.75) is 6.04 Å². The molecule has 1 aromatic heterocycles. The van der Waals surface area contributed by atoms with Gasteiger partial charge in [-0.05, 0) is 29.3 Å². The molecule has 0 N–H and O–H groups in total. The lowest BCUT2D eigenvalue weighted by atomic mass is 9.96. The zero-order chi connectivity index (χ0) is 19.6. The van der Waals surface area contributed by atoms with Gasteiger partial charge in [0.05, 0.1) is 16.3 Å². The number of hydrogen-bond donors (Lipinski definition) is 0. The van der Waals surface area contributed by atoms with Gasteiger partial charge in [-0.25, -0.2) is 9.37 Å². The van der Waals surface area contributed by atoms with Crippen molar-refractivity contribution >= 4 is 26.7 Å². The summed E-state index contributed by atoms with van der Waals surface area (Å²) in [5.41, 5.74) is 3.52. The Morgan fingerprint density at radius 1 is 0.793 bits per heavy atom. The van der Waals surface area contributed by atoms with Crippen molar-refractivity contribution in [3.63, 3.8) is 0 Å². The van der Waals surface area contributed by atoms with Gasteiger partial charge in [0, 0.05) is 26.2 Å². The summed E-state index contributed by atoms with van der Waals surface area (Å²) in [5.74, 6) is -0.203. The molecule has 1 fully saturated rings. The number of thiazole rings is 1. The molecule has 146 valence electrons. The zero-order valence-electron chi connectivity index (χ0n) is 16.0. The molecular formula is C24H22FN3S. The van der Waals surface area contributed by atoms with E-state index in [0.29, 0.717) is 0 Å². The number of halogens is 1. The highest BCUT2D eigenvalue weighted by Crippen LogP contribution is 2.33. The first kappa shape index (κ1) is 18.3. The molecule has 4 aromatic rings. The van der Waals surface area contributed by atoms with Crippen molar-refractivity contribution < 1.29 is 4.39 Å². The number of rotatable bonds is 4. The van der Waals surface area contributed by atoms with Gasteiger partial charge in [-0.15, -0.1) is 0 Å². The average Bonchev–Trinajstić information content (AvgIpc) is 3.19. The van der Waals surface area contributed by atoms with Crippen LogP contribution in [0.25, 0.3) is 10.2 Å². The first-order chi connectivity index (χ1) is 14.3. The summed E-state index contributed by atoms with van der Waals surface area (Å²) in [4.78, 5) is 9.60. The van der Waals surface area contributed by atoms with Crippen LogP contribution in [0.3, 0.4) is 0 Å². The molecule has 0 atom stereocenters. The molecule has 5 heteroatoms. The van der Waals surface area contributed by atoms with Gasteiger partial charge >= 0.3 is 0 Å². The molecule has 3 aromatic carbocycles. The van der Waals surface area contributed by atoms with Crippen LogP contribution >= 0.6 is 11.3 Å². The van der Waals surface area contributed by atoms with E-state index in [1.807, 2.05) is 0 Å². The molecular weight excluding hydrogens is 381 g/mol. The second-order valence-electron chi connectivity index (χ2n) is 7.36. The van der Waals surface area contributed by atoms with E-state index < -0.39 is 0 Å². The molecule has 0 amide bonds. The summed E-state index contributed by atoms with van der Waals surface area (Å²) in [5, 5.41) is 0.987. The number of aromatic nitrogens is 1. The summed E-state index contributed by atoms with van der Waals surface area (Å²) in [6.45, 7) is 3.74. The number of anilines is 1. The lowest BCUT2D eigenvalue weighted by Crippen LogP contribution is -2.47. The zero-order valence-corrected chi connectivity index (χ0v) is 16.9. The fourth-order valence-corrected chi connectivity index (χ4v) is 5.12. The first-order valence-electron chi connectivity index (χ1n) is 9.93. The van der Waals surface area contributed by atoms with Crippen LogP contribution in [0.2, 0.25) is 0 Å². The van der Waals surface area contributed by atoms with Crippen molar-refractivity contribution in [3.8, 4) is 0 Å². The quantitative estimate of drug-likeness (QED) is 0.458. The Labute approximate surface area is 174 Å². The Morgan fingerprint density at radius 2 is 1.41 bits per heavy atom. The van der Waals surface area contributed by atoms with Gasteiger partial charge in [-0.2, -0.15) is 0 Å². The van der Waals surface area contributed by atoms with E-state index in [1.165, 1.54) is 17.2 Å². The standard InChI is InChI=1S/C24H22FN3S/c25-20-11-12-21-22(17-20)29-24(26-21)28-15-13-27(14-16-28)23(18-7-3-1-4-8-18)19-9-5-2-6-10-19/h1-12,17,23H,13-16H2. The van der Waals surface area contributed by atoms with E-state index in [-0.39, 0.29) is 11.9 Å². The predicted molar refractivity (Wildman–Crippen MR) is 118 cm³/mol. The number of hydrogen-bond acceptors (Lipinski definition) is 4. The Bertz CT molecular complexity index is 1050. The van der Waals surface area contributed by atoms with Crippen LogP contribution < -0.4 is 4.90 Å². The van der Waals surface area contributed by atoms with Gasteiger partial charge in [-0.1, -0.05) is 72.0 Å². The van der Waals surface area contributed by atoms with Gasteiger partial charge < -0.3 is 4.90 Å². The minimum atomic E-state index is -0.203. The van der Waals surface area contributed by atoms with E-state index in [2.05, 4.69) is 70.5 Å². The maximum atomic E-state index is 13.5. The smallest absolute Gasteiger partial charge is 0.186 e. The monoisotopic (exact) mass is 403 g/mol. The summed E-state index contributed by atoms with van der Waals surface area (Å²) in [7, 11) is 0. The maximum Gasteiger partial charge on any atom is 0.186 e. The Balaban J connectivity index is 1.37. The predicted octanol–water partition coefficient (Wildman–Crippen LogP) is 5.35. The SMILES string of the molecule is Fc1ccc2nc(N3CCN(C(c4ccccc4)c4ccccc4)CC3)sc2c1. The third-order valence-electron chi connectivity index (χ3n) is 5.52. The topological polar surface area (TPSA) is 19.4 Å². The second kappa shape index (κ2) is 7.93. The van der Waals surface area contributed by atoms with Gasteiger partial charge in [0.15, 0.2) is 5.13 Å². The van der Waals surface area contributed by atoms with Crippen molar-refractivity contribution in [2.24, 2.45) is 0 Å². The van der Waals surface area contributed by atoms with Crippen LogP contribution in [0.4, 0.5) is 9.52 Å². The molecule has 3 nitrogen and oxygen atoms in total. The molecule has 0 radical (unpaired) electrons. The second-order valence-corrected chi connectivity index (χ2v) is 8.36. The molecule has 1 saturated heterocycles. The van der Waals surface area contributed by atoms with Crippen LogP contribution in [0.5, 0.6) is 0 Å². The minimum Gasteiger partial charge on any atom is -0.345 e. The lowest BCUT2D eigenvalue weighted by molar-refractivity contribution is 0.212. The van der Waals surface area contributed by atoms with Crippen molar-refractivity contribution in [2.75, 3.05) is 31.1 Å². The number of benzene rings is 3. The van der Waals surface area contributed by atoms with E-state index in [1.54, 1.807) is 23.5 Å². The molecule has 2 heterocycles. The summed E-state index contributed by atoms with van der Waals surface area (Å²) in [6.07, 6.45) is 0. The van der Waals surface area contributed by atoms with E-state index >= 15 is 0 Å². The van der Waals surface area contributed by atoms with Crippen LogP contribution in [0.15, 0.2) is 78.9 Å².